The van der Waals surface area contributed by atoms with Crippen LogP contribution in [-0.4, -0.2) is 59.7 Å². The Kier molecular flexibility index (Phi) is 6.77. The van der Waals surface area contributed by atoms with Crippen LogP contribution in [0.4, 0.5) is 5.69 Å². The number of amides is 1. The minimum atomic E-state index is -0.0665. The number of carbonyl (C=O) groups is 1. The van der Waals surface area contributed by atoms with Crippen LogP contribution in [0.15, 0.2) is 48.8 Å². The molecule has 0 bridgehead atoms. The van der Waals surface area contributed by atoms with Gasteiger partial charge in [0, 0.05) is 38.9 Å². The lowest BCUT2D eigenvalue weighted by Gasteiger charge is -2.36. The summed E-state index contributed by atoms with van der Waals surface area (Å²) in [6, 6.07) is 11.5. The van der Waals surface area contributed by atoms with Crippen LogP contribution < -0.4 is 10.2 Å². The number of anilines is 1. The van der Waals surface area contributed by atoms with E-state index < -0.39 is 0 Å². The van der Waals surface area contributed by atoms with Crippen LogP contribution >= 0.6 is 23.2 Å². The number of hydrogen-bond acceptors (Lipinski definition) is 4. The van der Waals surface area contributed by atoms with E-state index in [0.717, 1.165) is 56.8 Å². The second-order valence-corrected chi connectivity index (χ2v) is 8.24. The van der Waals surface area contributed by atoms with E-state index in [4.69, 9.17) is 23.2 Å². The third-order valence-electron chi connectivity index (χ3n) is 5.50. The van der Waals surface area contributed by atoms with Crippen molar-refractivity contribution in [3.05, 3.63) is 64.4 Å². The highest BCUT2D eigenvalue weighted by Crippen LogP contribution is 2.32. The van der Waals surface area contributed by atoms with Crippen molar-refractivity contribution in [1.82, 2.24) is 19.8 Å². The molecule has 6 nitrogen and oxygen atoms in total. The third-order valence-corrected chi connectivity index (χ3v) is 6.31. The van der Waals surface area contributed by atoms with Gasteiger partial charge in [-0.25, -0.2) is 4.52 Å². The summed E-state index contributed by atoms with van der Waals surface area (Å²) in [4.78, 5) is 17.2. The summed E-state index contributed by atoms with van der Waals surface area (Å²) in [6.45, 7) is 5.57. The molecular formula is C22H25Cl2N5O. The van der Waals surface area contributed by atoms with Crippen LogP contribution in [-0.2, 0) is 0 Å². The zero-order valence-electron chi connectivity index (χ0n) is 16.7. The van der Waals surface area contributed by atoms with Crippen molar-refractivity contribution in [2.24, 2.45) is 0 Å². The molecule has 2 aromatic heterocycles. The molecule has 0 atom stereocenters. The Hall–Kier alpha value is -2.28. The Balaban J connectivity index is 1.16. The van der Waals surface area contributed by atoms with Gasteiger partial charge in [0.15, 0.2) is 0 Å². The second kappa shape index (κ2) is 9.69. The fourth-order valence-electron chi connectivity index (χ4n) is 3.82. The monoisotopic (exact) mass is 445 g/mol. The Morgan fingerprint density at radius 2 is 1.87 bits per heavy atom. The van der Waals surface area contributed by atoms with Gasteiger partial charge in [-0.15, -0.1) is 0 Å². The van der Waals surface area contributed by atoms with Crippen LogP contribution in [0.1, 0.15) is 23.2 Å². The van der Waals surface area contributed by atoms with E-state index in [1.165, 1.54) is 0 Å². The number of unbranched alkanes of at least 4 members (excludes halogenated alkanes) is 1. The Morgan fingerprint density at radius 3 is 2.70 bits per heavy atom. The molecular weight excluding hydrogens is 421 g/mol. The molecule has 3 heterocycles. The highest BCUT2D eigenvalue weighted by atomic mass is 35.5. The number of nitrogens with one attached hydrogen (secondary N) is 1. The van der Waals surface area contributed by atoms with Gasteiger partial charge in [0.1, 0.15) is 0 Å². The van der Waals surface area contributed by atoms with Crippen molar-refractivity contribution in [2.75, 3.05) is 44.2 Å². The van der Waals surface area contributed by atoms with Crippen molar-refractivity contribution >= 4 is 40.3 Å². The maximum Gasteiger partial charge on any atom is 0.255 e. The highest BCUT2D eigenvalue weighted by molar-refractivity contribution is 6.43. The first-order chi connectivity index (χ1) is 14.6. The maximum atomic E-state index is 12.4. The lowest BCUT2D eigenvalue weighted by molar-refractivity contribution is 0.0954. The topological polar surface area (TPSA) is 52.9 Å². The number of aromatic nitrogens is 2. The van der Waals surface area contributed by atoms with E-state index in [-0.39, 0.29) is 5.91 Å². The lowest BCUT2D eigenvalue weighted by atomic mass is 10.2. The van der Waals surface area contributed by atoms with Crippen molar-refractivity contribution in [3.63, 3.8) is 0 Å². The van der Waals surface area contributed by atoms with Gasteiger partial charge in [-0.2, -0.15) is 5.10 Å². The molecule has 0 spiro atoms. The van der Waals surface area contributed by atoms with E-state index in [1.54, 1.807) is 10.7 Å². The normalized spacial score (nSPS) is 14.9. The molecule has 0 aliphatic carbocycles. The van der Waals surface area contributed by atoms with E-state index in [2.05, 4.69) is 20.2 Å². The van der Waals surface area contributed by atoms with Crippen LogP contribution in [0.25, 0.3) is 5.52 Å². The largest absolute Gasteiger partial charge is 0.368 e. The molecule has 0 saturated carbocycles. The van der Waals surface area contributed by atoms with Crippen LogP contribution in [0.2, 0.25) is 10.0 Å². The molecule has 1 N–H and O–H groups in total. The standard InChI is InChI=1S/C22H25Cl2N5O/c23-18-6-5-8-20(21(18)24)28-14-12-27(13-15-28)10-4-2-9-25-22(30)17-16-26-29-11-3-1-7-19(17)29/h1,3,5-8,11,16H,2,4,9-10,12-15H2,(H,25,30). The second-order valence-electron chi connectivity index (χ2n) is 7.45. The first-order valence-corrected chi connectivity index (χ1v) is 11.0. The van der Waals surface area contributed by atoms with Gasteiger partial charge in [0.05, 0.1) is 33.0 Å². The quantitative estimate of drug-likeness (QED) is 0.558. The predicted octanol–water partition coefficient (Wildman–Crippen LogP) is 3.97. The smallest absolute Gasteiger partial charge is 0.255 e. The maximum absolute atomic E-state index is 12.4. The number of piperazine rings is 1. The Morgan fingerprint density at radius 1 is 1.03 bits per heavy atom. The van der Waals surface area contributed by atoms with E-state index >= 15 is 0 Å². The van der Waals surface area contributed by atoms with Crippen molar-refractivity contribution < 1.29 is 4.79 Å². The zero-order chi connectivity index (χ0) is 20.9. The van der Waals surface area contributed by atoms with E-state index in [0.29, 0.717) is 22.2 Å². The van der Waals surface area contributed by atoms with Gasteiger partial charge in [0.2, 0.25) is 0 Å². The number of hydrogen-bond donors (Lipinski definition) is 1. The molecule has 0 radical (unpaired) electrons. The molecule has 1 aromatic carbocycles. The molecule has 4 rings (SSSR count). The Labute approximate surface area is 186 Å². The van der Waals surface area contributed by atoms with Crippen molar-refractivity contribution in [3.8, 4) is 0 Å². The summed E-state index contributed by atoms with van der Waals surface area (Å²) in [5.41, 5.74) is 2.46. The molecule has 1 saturated heterocycles. The molecule has 3 aromatic rings. The average Bonchev–Trinajstić information content (AvgIpc) is 3.20. The number of pyridine rings is 1. The molecule has 0 unspecified atom stereocenters. The molecule has 1 aliphatic rings. The molecule has 30 heavy (non-hydrogen) atoms. The third kappa shape index (κ3) is 4.72. The van der Waals surface area contributed by atoms with Crippen LogP contribution in [0, 0.1) is 0 Å². The molecule has 1 aliphatic heterocycles. The fraction of sp³-hybridized carbons (Fsp3) is 0.364. The van der Waals surface area contributed by atoms with Gasteiger partial charge in [-0.1, -0.05) is 35.3 Å². The number of halogens is 2. The number of carbonyl (C=O) groups excluding carboxylic acids is 1. The molecule has 8 heteroatoms. The SMILES string of the molecule is O=C(NCCCCN1CCN(c2cccc(Cl)c2Cl)CC1)c1cnn2ccccc12. The molecule has 1 amide bonds. The van der Waals surface area contributed by atoms with Crippen LogP contribution in [0.5, 0.6) is 0 Å². The molecule has 1 fully saturated rings. The zero-order valence-corrected chi connectivity index (χ0v) is 18.2. The van der Waals surface area contributed by atoms with E-state index in [9.17, 15) is 4.79 Å². The Bertz CT molecular complexity index is 1010. The average molecular weight is 446 g/mol. The summed E-state index contributed by atoms with van der Waals surface area (Å²) in [6.07, 6.45) is 5.46. The summed E-state index contributed by atoms with van der Waals surface area (Å²) < 4.78 is 1.71. The van der Waals surface area contributed by atoms with Gasteiger partial charge in [-0.3, -0.25) is 9.69 Å². The number of nitrogens with zero attached hydrogens (tertiary/aromatic N) is 4. The summed E-state index contributed by atoms with van der Waals surface area (Å²) in [5, 5.41) is 8.46. The van der Waals surface area contributed by atoms with Gasteiger partial charge in [-0.05, 0) is 43.7 Å². The van der Waals surface area contributed by atoms with Gasteiger partial charge < -0.3 is 10.2 Å². The highest BCUT2D eigenvalue weighted by Gasteiger charge is 2.19. The minimum Gasteiger partial charge on any atom is -0.368 e. The first-order valence-electron chi connectivity index (χ1n) is 10.3. The number of fused-ring (bicyclic) bond motifs is 1. The van der Waals surface area contributed by atoms with Gasteiger partial charge >= 0.3 is 0 Å². The first kappa shape index (κ1) is 21.0. The number of rotatable bonds is 7. The predicted molar refractivity (Wildman–Crippen MR) is 122 cm³/mol. The number of benzene rings is 1. The van der Waals surface area contributed by atoms with Crippen molar-refractivity contribution in [2.45, 2.75) is 12.8 Å². The molecule has 158 valence electrons. The summed E-state index contributed by atoms with van der Waals surface area (Å²) in [7, 11) is 0. The van der Waals surface area contributed by atoms with Crippen LogP contribution in [0.3, 0.4) is 0 Å². The lowest BCUT2D eigenvalue weighted by Crippen LogP contribution is -2.46. The minimum absolute atomic E-state index is 0.0665. The van der Waals surface area contributed by atoms with Gasteiger partial charge in [0.25, 0.3) is 5.91 Å². The summed E-state index contributed by atoms with van der Waals surface area (Å²) in [5.74, 6) is -0.0665. The fourth-order valence-corrected chi connectivity index (χ4v) is 4.23. The summed E-state index contributed by atoms with van der Waals surface area (Å²) >= 11 is 12.5. The van der Waals surface area contributed by atoms with Crippen molar-refractivity contribution in [1.29, 1.82) is 0 Å². The van der Waals surface area contributed by atoms with E-state index in [1.807, 2.05) is 42.6 Å².